The molecule has 0 radical (unpaired) electrons. The number of carboxylic acids is 1. The Labute approximate surface area is 124 Å². The first-order valence-corrected chi connectivity index (χ1v) is 7.77. The molecule has 1 aliphatic heterocycles. The number of aliphatic carboxylic acids is 1. The summed E-state index contributed by atoms with van der Waals surface area (Å²) >= 11 is 0. The Morgan fingerprint density at radius 1 is 1.05 bits per heavy atom. The third-order valence-electron chi connectivity index (χ3n) is 5.52. The van der Waals surface area contributed by atoms with E-state index in [0.29, 0.717) is 19.0 Å². The molecule has 0 unspecified atom stereocenters. The molecule has 0 bridgehead atoms. The molecule has 4 heteroatoms. The van der Waals surface area contributed by atoms with E-state index >= 15 is 0 Å². The van der Waals surface area contributed by atoms with Gasteiger partial charge in [-0.1, -0.05) is 18.9 Å². The predicted molar refractivity (Wildman–Crippen MR) is 76.9 cm³/mol. The van der Waals surface area contributed by atoms with Crippen molar-refractivity contribution in [2.75, 3.05) is 13.2 Å². The van der Waals surface area contributed by atoms with Gasteiger partial charge in [-0.05, 0) is 48.8 Å². The minimum Gasteiger partial charge on any atom is -0.486 e. The SMILES string of the molecule is O=C(O)C1(c2ccc3c(c2)OCCO3)CC2(CCCC2)C1. The van der Waals surface area contributed by atoms with Crippen molar-refractivity contribution < 1.29 is 19.4 Å². The van der Waals surface area contributed by atoms with Crippen molar-refractivity contribution in [3.05, 3.63) is 23.8 Å². The molecule has 4 rings (SSSR count). The van der Waals surface area contributed by atoms with Crippen molar-refractivity contribution in [2.24, 2.45) is 5.41 Å². The molecule has 0 aromatic heterocycles. The quantitative estimate of drug-likeness (QED) is 0.908. The maximum atomic E-state index is 11.9. The second-order valence-corrected chi connectivity index (χ2v) is 6.81. The third kappa shape index (κ3) is 1.84. The molecule has 1 spiro atoms. The lowest BCUT2D eigenvalue weighted by Crippen LogP contribution is -2.53. The molecule has 112 valence electrons. The summed E-state index contributed by atoms with van der Waals surface area (Å²) in [6.07, 6.45) is 6.41. The first-order chi connectivity index (χ1) is 10.1. The van der Waals surface area contributed by atoms with Gasteiger partial charge in [0.1, 0.15) is 13.2 Å². The lowest BCUT2D eigenvalue weighted by atomic mass is 9.49. The van der Waals surface area contributed by atoms with Crippen molar-refractivity contribution in [2.45, 2.75) is 43.9 Å². The maximum Gasteiger partial charge on any atom is 0.314 e. The van der Waals surface area contributed by atoms with Gasteiger partial charge >= 0.3 is 5.97 Å². The highest BCUT2D eigenvalue weighted by molar-refractivity contribution is 5.83. The summed E-state index contributed by atoms with van der Waals surface area (Å²) in [5, 5.41) is 9.81. The first kappa shape index (κ1) is 13.0. The van der Waals surface area contributed by atoms with Crippen LogP contribution in [0.3, 0.4) is 0 Å². The van der Waals surface area contributed by atoms with Gasteiger partial charge in [0.2, 0.25) is 0 Å². The topological polar surface area (TPSA) is 55.8 Å². The molecule has 2 saturated carbocycles. The van der Waals surface area contributed by atoms with Crippen LogP contribution < -0.4 is 9.47 Å². The first-order valence-electron chi connectivity index (χ1n) is 7.77. The van der Waals surface area contributed by atoms with Crippen LogP contribution in [0.4, 0.5) is 0 Å². The molecule has 1 aromatic rings. The van der Waals surface area contributed by atoms with E-state index in [1.165, 1.54) is 25.7 Å². The number of carbonyl (C=O) groups is 1. The molecule has 1 N–H and O–H groups in total. The molecular weight excluding hydrogens is 268 g/mol. The van der Waals surface area contributed by atoms with Gasteiger partial charge in [0.05, 0.1) is 5.41 Å². The van der Waals surface area contributed by atoms with Crippen LogP contribution in [0.15, 0.2) is 18.2 Å². The Hall–Kier alpha value is -1.71. The molecule has 2 fully saturated rings. The van der Waals surface area contributed by atoms with Gasteiger partial charge in [0.15, 0.2) is 11.5 Å². The summed E-state index contributed by atoms with van der Waals surface area (Å²) < 4.78 is 11.1. The number of fused-ring (bicyclic) bond motifs is 1. The number of rotatable bonds is 2. The summed E-state index contributed by atoms with van der Waals surface area (Å²) in [4.78, 5) is 11.9. The smallest absolute Gasteiger partial charge is 0.314 e. The monoisotopic (exact) mass is 288 g/mol. The number of carboxylic acid groups (broad SMARTS) is 1. The minimum absolute atomic E-state index is 0.283. The van der Waals surface area contributed by atoms with Crippen LogP contribution in [0.25, 0.3) is 0 Å². The van der Waals surface area contributed by atoms with E-state index in [0.717, 1.165) is 24.2 Å². The maximum absolute atomic E-state index is 11.9. The van der Waals surface area contributed by atoms with E-state index in [2.05, 4.69) is 0 Å². The van der Waals surface area contributed by atoms with Gasteiger partial charge in [-0.2, -0.15) is 0 Å². The molecule has 4 nitrogen and oxygen atoms in total. The second-order valence-electron chi connectivity index (χ2n) is 6.81. The predicted octanol–water partition coefficient (Wildman–Crippen LogP) is 3.13. The van der Waals surface area contributed by atoms with Gasteiger partial charge in [0, 0.05) is 0 Å². The zero-order valence-corrected chi connectivity index (χ0v) is 12.1. The lowest BCUT2D eigenvalue weighted by Gasteiger charge is -2.53. The number of hydrogen-bond acceptors (Lipinski definition) is 3. The molecule has 0 saturated heterocycles. The lowest BCUT2D eigenvalue weighted by molar-refractivity contribution is -0.154. The Kier molecular flexibility index (Phi) is 2.72. The van der Waals surface area contributed by atoms with E-state index in [9.17, 15) is 9.90 Å². The van der Waals surface area contributed by atoms with Crippen molar-refractivity contribution in [1.82, 2.24) is 0 Å². The van der Waals surface area contributed by atoms with E-state index < -0.39 is 11.4 Å². The molecule has 1 heterocycles. The van der Waals surface area contributed by atoms with Crippen LogP contribution in [-0.2, 0) is 10.2 Å². The Morgan fingerprint density at radius 2 is 1.71 bits per heavy atom. The van der Waals surface area contributed by atoms with E-state index in [-0.39, 0.29) is 5.41 Å². The largest absolute Gasteiger partial charge is 0.486 e. The van der Waals surface area contributed by atoms with Gasteiger partial charge in [-0.15, -0.1) is 0 Å². The summed E-state index contributed by atoms with van der Waals surface area (Å²) in [5.41, 5.74) is 0.433. The highest BCUT2D eigenvalue weighted by Gasteiger charge is 2.60. The zero-order chi connectivity index (χ0) is 14.5. The summed E-state index contributed by atoms with van der Waals surface area (Å²) in [7, 11) is 0. The average Bonchev–Trinajstić information content (AvgIpc) is 2.94. The summed E-state index contributed by atoms with van der Waals surface area (Å²) in [5.74, 6) is 0.712. The van der Waals surface area contributed by atoms with Crippen LogP contribution in [-0.4, -0.2) is 24.3 Å². The molecule has 0 amide bonds. The fourth-order valence-electron chi connectivity index (χ4n) is 4.53. The molecule has 21 heavy (non-hydrogen) atoms. The molecule has 1 aromatic carbocycles. The van der Waals surface area contributed by atoms with Crippen LogP contribution >= 0.6 is 0 Å². The standard InChI is InChI=1S/C17H20O4/c18-15(19)17(10-16(11-17)5-1-2-6-16)12-3-4-13-14(9-12)21-8-7-20-13/h3-4,9H,1-2,5-8,10-11H2,(H,18,19). The van der Waals surface area contributed by atoms with Gasteiger partial charge < -0.3 is 14.6 Å². The van der Waals surface area contributed by atoms with Gasteiger partial charge in [0.25, 0.3) is 0 Å². The Morgan fingerprint density at radius 3 is 2.38 bits per heavy atom. The van der Waals surface area contributed by atoms with Crippen LogP contribution in [0, 0.1) is 5.41 Å². The minimum atomic E-state index is -0.722. The fraction of sp³-hybridized carbons (Fsp3) is 0.588. The number of ether oxygens (including phenoxy) is 2. The van der Waals surface area contributed by atoms with E-state index in [1.54, 1.807) is 0 Å². The third-order valence-corrected chi connectivity index (χ3v) is 5.52. The van der Waals surface area contributed by atoms with Crippen molar-refractivity contribution >= 4 is 5.97 Å². The summed E-state index contributed by atoms with van der Waals surface area (Å²) in [6, 6.07) is 5.64. The van der Waals surface area contributed by atoms with Crippen molar-refractivity contribution in [3.63, 3.8) is 0 Å². The Balaban J connectivity index is 1.68. The van der Waals surface area contributed by atoms with E-state index in [4.69, 9.17) is 9.47 Å². The zero-order valence-electron chi connectivity index (χ0n) is 12.1. The summed E-state index contributed by atoms with van der Waals surface area (Å²) in [6.45, 7) is 1.08. The van der Waals surface area contributed by atoms with Crippen LogP contribution in [0.5, 0.6) is 11.5 Å². The van der Waals surface area contributed by atoms with Crippen molar-refractivity contribution in [3.8, 4) is 11.5 Å². The van der Waals surface area contributed by atoms with Crippen LogP contribution in [0.2, 0.25) is 0 Å². The van der Waals surface area contributed by atoms with Crippen molar-refractivity contribution in [1.29, 1.82) is 0 Å². The molecule has 3 aliphatic rings. The average molecular weight is 288 g/mol. The van der Waals surface area contributed by atoms with Gasteiger partial charge in [-0.3, -0.25) is 4.79 Å². The fourth-order valence-corrected chi connectivity index (χ4v) is 4.53. The number of hydrogen-bond donors (Lipinski definition) is 1. The highest BCUT2D eigenvalue weighted by Crippen LogP contribution is 2.63. The second kappa shape index (κ2) is 4.39. The van der Waals surface area contributed by atoms with Crippen LogP contribution in [0.1, 0.15) is 44.1 Å². The molecular formula is C17H20O4. The number of benzene rings is 1. The van der Waals surface area contributed by atoms with Gasteiger partial charge in [-0.25, -0.2) is 0 Å². The van der Waals surface area contributed by atoms with E-state index in [1.807, 2.05) is 18.2 Å². The highest BCUT2D eigenvalue weighted by atomic mass is 16.6. The molecule has 0 atom stereocenters. The molecule has 2 aliphatic carbocycles. The Bertz CT molecular complexity index is 578. The normalized spacial score (nSPS) is 24.6.